The van der Waals surface area contributed by atoms with Gasteiger partial charge in [-0.15, -0.1) is 0 Å². The Morgan fingerprint density at radius 2 is 1.24 bits per heavy atom. The summed E-state index contributed by atoms with van der Waals surface area (Å²) in [6.45, 7) is 0. The number of allylic oxidation sites excluding steroid dienone is 4. The molecule has 2 nitrogen and oxygen atoms in total. The first-order valence-corrected chi connectivity index (χ1v) is 7.57. The van der Waals surface area contributed by atoms with Gasteiger partial charge in [0, 0.05) is 11.1 Å². The first-order valence-electron chi connectivity index (χ1n) is 6.50. The number of carbonyl (C=O) groups is 2. The molecule has 0 heterocycles. The minimum atomic E-state index is -0.118. The summed E-state index contributed by atoms with van der Waals surface area (Å²) >= 11 is 1.96. The molecular formula is C18H11IO2. The minimum Gasteiger partial charge on any atom is -0.289 e. The third-order valence-corrected chi connectivity index (χ3v) is 4.40. The predicted molar refractivity (Wildman–Crippen MR) is 91.8 cm³/mol. The summed E-state index contributed by atoms with van der Waals surface area (Å²) in [6.07, 6.45) is 1.44. The average Bonchev–Trinajstić information content (AvgIpc) is 2.53. The van der Waals surface area contributed by atoms with Crippen molar-refractivity contribution in [3.63, 3.8) is 0 Å². The highest BCUT2D eigenvalue weighted by atomic mass is 127. The van der Waals surface area contributed by atoms with Gasteiger partial charge in [0.05, 0.1) is 3.58 Å². The van der Waals surface area contributed by atoms with Crippen molar-refractivity contribution in [1.82, 2.24) is 0 Å². The lowest BCUT2D eigenvalue weighted by atomic mass is 9.87. The summed E-state index contributed by atoms with van der Waals surface area (Å²) in [5.74, 6) is -0.218. The first kappa shape index (κ1) is 13.9. The van der Waals surface area contributed by atoms with Crippen molar-refractivity contribution >= 4 is 45.3 Å². The van der Waals surface area contributed by atoms with Crippen molar-refractivity contribution in [3.8, 4) is 0 Å². The Bertz CT molecular complexity index is 771. The minimum absolute atomic E-state index is 0.101. The van der Waals surface area contributed by atoms with E-state index in [1.54, 1.807) is 0 Å². The number of hydrogen-bond acceptors (Lipinski definition) is 2. The van der Waals surface area contributed by atoms with Gasteiger partial charge in [0.25, 0.3) is 0 Å². The zero-order valence-corrected chi connectivity index (χ0v) is 13.2. The van der Waals surface area contributed by atoms with Gasteiger partial charge in [-0.05, 0) is 39.8 Å². The summed E-state index contributed by atoms with van der Waals surface area (Å²) in [4.78, 5) is 25.0. The normalized spacial score (nSPS) is 15.2. The Balaban J connectivity index is 2.12. The molecule has 3 rings (SSSR count). The molecule has 0 atom stereocenters. The number of rotatable bonds is 2. The molecule has 0 bridgehead atoms. The maximum Gasteiger partial charge on any atom is 0.195 e. The highest BCUT2D eigenvalue weighted by molar-refractivity contribution is 14.1. The zero-order chi connectivity index (χ0) is 14.8. The van der Waals surface area contributed by atoms with E-state index in [1.165, 1.54) is 6.08 Å². The molecular weight excluding hydrogens is 375 g/mol. The van der Waals surface area contributed by atoms with Crippen LogP contribution in [0.3, 0.4) is 0 Å². The second-order valence-corrected chi connectivity index (χ2v) is 5.75. The van der Waals surface area contributed by atoms with Gasteiger partial charge < -0.3 is 0 Å². The molecule has 3 heteroatoms. The van der Waals surface area contributed by atoms with E-state index in [0.29, 0.717) is 14.7 Å². The molecule has 0 unspecified atom stereocenters. The molecule has 0 aromatic heterocycles. The van der Waals surface area contributed by atoms with Crippen molar-refractivity contribution in [2.45, 2.75) is 0 Å². The third-order valence-electron chi connectivity index (χ3n) is 3.33. The number of Topliss-reactive ketones (excluding diaryl/α,β-unsaturated/α-hetero) is 1. The summed E-state index contributed by atoms with van der Waals surface area (Å²) in [5, 5.41) is 0. The topological polar surface area (TPSA) is 34.1 Å². The maximum absolute atomic E-state index is 12.8. The average molecular weight is 386 g/mol. The largest absolute Gasteiger partial charge is 0.289 e. The molecule has 0 saturated heterocycles. The fraction of sp³-hybridized carbons (Fsp3) is 0. The molecule has 0 amide bonds. The Kier molecular flexibility index (Phi) is 3.84. The maximum atomic E-state index is 12.8. The molecule has 102 valence electrons. The molecule has 0 fully saturated rings. The van der Waals surface area contributed by atoms with E-state index in [4.69, 9.17) is 0 Å². The van der Waals surface area contributed by atoms with Crippen LogP contribution >= 0.6 is 22.6 Å². The number of carbonyl (C=O) groups excluding carboxylic acids is 2. The standard InChI is InChI=1S/C18H11IO2/c19-17-15(20)11-14(12-7-3-1-4-8-12)18(21)16(17)13-9-5-2-6-10-13/h1-11H. The van der Waals surface area contributed by atoms with Crippen LogP contribution in [-0.4, -0.2) is 11.6 Å². The number of benzene rings is 2. The Labute approximate surface area is 136 Å². The summed E-state index contributed by atoms with van der Waals surface area (Å²) in [6, 6.07) is 18.6. The lowest BCUT2D eigenvalue weighted by molar-refractivity contribution is -0.112. The van der Waals surface area contributed by atoms with Gasteiger partial charge in [0.1, 0.15) is 0 Å². The molecule has 21 heavy (non-hydrogen) atoms. The van der Waals surface area contributed by atoms with Crippen LogP contribution in [0.25, 0.3) is 11.1 Å². The van der Waals surface area contributed by atoms with Crippen LogP contribution in [0.5, 0.6) is 0 Å². The molecule has 0 spiro atoms. The van der Waals surface area contributed by atoms with E-state index >= 15 is 0 Å². The summed E-state index contributed by atoms with van der Waals surface area (Å²) in [5.41, 5.74) is 2.50. The zero-order valence-electron chi connectivity index (χ0n) is 11.0. The molecule has 0 aliphatic heterocycles. The molecule has 1 aliphatic rings. The fourth-order valence-corrected chi connectivity index (χ4v) is 3.02. The lowest BCUT2D eigenvalue weighted by Crippen LogP contribution is -2.15. The number of halogens is 1. The van der Waals surface area contributed by atoms with E-state index in [2.05, 4.69) is 0 Å². The first-order chi connectivity index (χ1) is 10.2. The van der Waals surface area contributed by atoms with Crippen LogP contribution in [0.15, 0.2) is 70.3 Å². The van der Waals surface area contributed by atoms with E-state index in [9.17, 15) is 9.59 Å². The Hall–Kier alpha value is -2.01. The van der Waals surface area contributed by atoms with Crippen LogP contribution in [0.2, 0.25) is 0 Å². The molecule has 0 radical (unpaired) electrons. The van der Waals surface area contributed by atoms with Crippen LogP contribution < -0.4 is 0 Å². The van der Waals surface area contributed by atoms with Crippen LogP contribution in [0.1, 0.15) is 11.1 Å². The Morgan fingerprint density at radius 1 is 0.714 bits per heavy atom. The van der Waals surface area contributed by atoms with Gasteiger partial charge >= 0.3 is 0 Å². The van der Waals surface area contributed by atoms with E-state index < -0.39 is 0 Å². The third kappa shape index (κ3) is 2.61. The van der Waals surface area contributed by atoms with Crippen molar-refractivity contribution < 1.29 is 9.59 Å². The SMILES string of the molecule is O=C1C=C(c2ccccc2)C(=O)C(c2ccccc2)=C1I. The molecule has 0 N–H and O–H groups in total. The van der Waals surface area contributed by atoms with Gasteiger partial charge in [-0.1, -0.05) is 60.7 Å². The van der Waals surface area contributed by atoms with Crippen molar-refractivity contribution in [2.75, 3.05) is 0 Å². The van der Waals surface area contributed by atoms with E-state index in [1.807, 2.05) is 83.3 Å². The summed E-state index contributed by atoms with van der Waals surface area (Å²) < 4.78 is 0.475. The summed E-state index contributed by atoms with van der Waals surface area (Å²) in [7, 11) is 0. The second-order valence-electron chi connectivity index (χ2n) is 4.67. The highest BCUT2D eigenvalue weighted by Gasteiger charge is 2.28. The van der Waals surface area contributed by atoms with E-state index in [0.717, 1.165) is 11.1 Å². The number of ketones is 2. The van der Waals surface area contributed by atoms with Gasteiger partial charge in [-0.3, -0.25) is 9.59 Å². The van der Waals surface area contributed by atoms with Crippen molar-refractivity contribution in [2.24, 2.45) is 0 Å². The molecule has 0 saturated carbocycles. The Morgan fingerprint density at radius 3 is 1.81 bits per heavy atom. The molecule has 1 aliphatic carbocycles. The van der Waals surface area contributed by atoms with Crippen LogP contribution in [-0.2, 0) is 9.59 Å². The monoisotopic (exact) mass is 386 g/mol. The highest BCUT2D eigenvalue weighted by Crippen LogP contribution is 2.34. The van der Waals surface area contributed by atoms with E-state index in [-0.39, 0.29) is 11.6 Å². The second kappa shape index (κ2) is 5.77. The van der Waals surface area contributed by atoms with Gasteiger partial charge in [0.15, 0.2) is 11.6 Å². The van der Waals surface area contributed by atoms with Gasteiger partial charge in [0.2, 0.25) is 0 Å². The number of hydrogen-bond donors (Lipinski definition) is 0. The van der Waals surface area contributed by atoms with Crippen LogP contribution in [0.4, 0.5) is 0 Å². The van der Waals surface area contributed by atoms with Crippen molar-refractivity contribution in [1.29, 1.82) is 0 Å². The van der Waals surface area contributed by atoms with Gasteiger partial charge in [-0.25, -0.2) is 0 Å². The molecule has 2 aromatic rings. The lowest BCUT2D eigenvalue weighted by Gasteiger charge is -2.16. The quantitative estimate of drug-likeness (QED) is 0.576. The molecule has 2 aromatic carbocycles. The smallest absolute Gasteiger partial charge is 0.195 e. The van der Waals surface area contributed by atoms with Crippen LogP contribution in [0, 0.1) is 0 Å². The fourth-order valence-electron chi connectivity index (χ4n) is 2.31. The van der Waals surface area contributed by atoms with Crippen molar-refractivity contribution in [3.05, 3.63) is 81.4 Å². The predicted octanol–water partition coefficient (Wildman–Crippen LogP) is 4.07. The van der Waals surface area contributed by atoms with Gasteiger partial charge in [-0.2, -0.15) is 0 Å².